The van der Waals surface area contributed by atoms with Gasteiger partial charge in [0.1, 0.15) is 0 Å². The number of thioether (sulfide) groups is 2. The number of benzene rings is 1. The van der Waals surface area contributed by atoms with E-state index in [4.69, 9.17) is 23.2 Å². The third-order valence-electron chi connectivity index (χ3n) is 3.44. The van der Waals surface area contributed by atoms with Crippen LogP contribution in [-0.4, -0.2) is 35.1 Å². The van der Waals surface area contributed by atoms with Crippen LogP contribution in [0.4, 0.5) is 0 Å². The highest BCUT2D eigenvalue weighted by Crippen LogP contribution is 2.34. The average molecular weight is 336 g/mol. The van der Waals surface area contributed by atoms with Gasteiger partial charge in [0.15, 0.2) is 0 Å². The molecule has 0 amide bonds. The predicted octanol–water partition coefficient (Wildman–Crippen LogP) is 4.36. The van der Waals surface area contributed by atoms with E-state index < -0.39 is 0 Å². The molecule has 0 radical (unpaired) electrons. The fraction of sp³-hybridized carbons (Fsp3) is 0.571. The van der Waals surface area contributed by atoms with Crippen molar-refractivity contribution in [2.45, 2.75) is 29.9 Å². The fourth-order valence-electron chi connectivity index (χ4n) is 2.39. The highest BCUT2D eigenvalue weighted by atomic mass is 35.5. The first-order valence-corrected chi connectivity index (χ1v) is 9.31. The highest BCUT2D eigenvalue weighted by molar-refractivity contribution is 8.07. The summed E-state index contributed by atoms with van der Waals surface area (Å²) in [6.45, 7) is 2.33. The smallest absolute Gasteiger partial charge is 0.0595 e. The third kappa shape index (κ3) is 4.21. The van der Waals surface area contributed by atoms with Crippen molar-refractivity contribution in [1.29, 1.82) is 0 Å². The number of hydrogen-bond donors (Lipinski definition) is 1. The van der Waals surface area contributed by atoms with Gasteiger partial charge < -0.3 is 5.32 Å². The first-order valence-electron chi connectivity index (χ1n) is 6.46. The summed E-state index contributed by atoms with van der Waals surface area (Å²) in [5.74, 6) is 2.52. The lowest BCUT2D eigenvalue weighted by molar-refractivity contribution is 0.531. The molecule has 1 heterocycles. The first kappa shape index (κ1) is 15.8. The van der Waals surface area contributed by atoms with E-state index in [1.54, 1.807) is 0 Å². The van der Waals surface area contributed by atoms with Gasteiger partial charge in [-0.15, -0.1) is 0 Å². The highest BCUT2D eigenvalue weighted by Gasteiger charge is 2.29. The first-order chi connectivity index (χ1) is 9.11. The number of likely N-dealkylation sites (N-methyl/N-ethyl adjacent to an activating group) is 1. The van der Waals surface area contributed by atoms with Gasteiger partial charge in [-0.3, -0.25) is 0 Å². The summed E-state index contributed by atoms with van der Waals surface area (Å²) in [4.78, 5) is 0. The molecule has 1 nitrogen and oxygen atoms in total. The van der Waals surface area contributed by atoms with Crippen LogP contribution < -0.4 is 5.32 Å². The quantitative estimate of drug-likeness (QED) is 0.877. The van der Waals surface area contributed by atoms with Gasteiger partial charge in [0.25, 0.3) is 0 Å². The lowest BCUT2D eigenvalue weighted by Crippen LogP contribution is -2.44. The van der Waals surface area contributed by atoms with E-state index in [-0.39, 0.29) is 0 Å². The molecule has 0 aliphatic carbocycles. The van der Waals surface area contributed by atoms with Crippen LogP contribution in [0.1, 0.15) is 12.5 Å². The van der Waals surface area contributed by atoms with Crippen molar-refractivity contribution in [2.75, 3.05) is 18.6 Å². The molecule has 1 N–H and O–H groups in total. The van der Waals surface area contributed by atoms with Crippen LogP contribution in [0.3, 0.4) is 0 Å². The van der Waals surface area contributed by atoms with E-state index in [9.17, 15) is 0 Å². The molecule has 3 unspecified atom stereocenters. The zero-order valence-corrected chi connectivity index (χ0v) is 14.3. The van der Waals surface area contributed by atoms with Gasteiger partial charge in [0.2, 0.25) is 0 Å². The molecule has 19 heavy (non-hydrogen) atoms. The lowest BCUT2D eigenvalue weighted by Gasteiger charge is -2.34. The Morgan fingerprint density at radius 3 is 2.63 bits per heavy atom. The normalized spacial score (nSPS) is 25.3. The standard InChI is InChI=1S/C14H19Cl2NS2/c1-9-14(19-6-5-18-9)13(17-2)8-10-3-4-11(15)12(16)7-10/h3-4,7,9,13-14,17H,5-6,8H2,1-2H3. The van der Waals surface area contributed by atoms with Crippen molar-refractivity contribution >= 4 is 46.7 Å². The Balaban J connectivity index is 2.07. The van der Waals surface area contributed by atoms with E-state index in [1.165, 1.54) is 17.1 Å². The van der Waals surface area contributed by atoms with Crippen LogP contribution in [0.25, 0.3) is 0 Å². The summed E-state index contributed by atoms with van der Waals surface area (Å²) >= 11 is 16.2. The number of hydrogen-bond acceptors (Lipinski definition) is 3. The average Bonchev–Trinajstić information content (AvgIpc) is 2.41. The van der Waals surface area contributed by atoms with Gasteiger partial charge >= 0.3 is 0 Å². The maximum atomic E-state index is 6.09. The van der Waals surface area contributed by atoms with Crippen LogP contribution in [-0.2, 0) is 6.42 Å². The van der Waals surface area contributed by atoms with E-state index >= 15 is 0 Å². The second kappa shape index (κ2) is 7.46. The van der Waals surface area contributed by atoms with E-state index in [0.29, 0.717) is 26.6 Å². The Bertz CT molecular complexity index is 428. The van der Waals surface area contributed by atoms with Crippen molar-refractivity contribution in [3.63, 3.8) is 0 Å². The van der Waals surface area contributed by atoms with E-state index in [1.807, 2.05) is 12.1 Å². The summed E-state index contributed by atoms with van der Waals surface area (Å²) in [6, 6.07) is 6.42. The zero-order chi connectivity index (χ0) is 13.8. The SMILES string of the molecule is CNC(Cc1ccc(Cl)c(Cl)c1)C1SCCSC1C. The molecule has 1 aliphatic heterocycles. The Kier molecular flexibility index (Phi) is 6.22. The van der Waals surface area contributed by atoms with Crippen LogP contribution in [0.15, 0.2) is 18.2 Å². The van der Waals surface area contributed by atoms with Crippen LogP contribution in [0, 0.1) is 0 Å². The molecule has 0 saturated carbocycles. The largest absolute Gasteiger partial charge is 0.316 e. The van der Waals surface area contributed by atoms with Crippen molar-refractivity contribution < 1.29 is 0 Å². The van der Waals surface area contributed by atoms with Gasteiger partial charge in [0.05, 0.1) is 10.0 Å². The summed E-state index contributed by atoms with van der Waals surface area (Å²) < 4.78 is 0. The van der Waals surface area contributed by atoms with Gasteiger partial charge in [-0.05, 0) is 31.2 Å². The monoisotopic (exact) mass is 335 g/mol. The Labute approximate surface area is 134 Å². The van der Waals surface area contributed by atoms with Crippen molar-refractivity contribution in [2.24, 2.45) is 0 Å². The molecule has 1 fully saturated rings. The maximum Gasteiger partial charge on any atom is 0.0595 e. The molecule has 1 saturated heterocycles. The summed E-state index contributed by atoms with van der Waals surface area (Å²) in [5, 5.41) is 6.09. The molecule has 2 rings (SSSR count). The summed E-state index contributed by atoms with van der Waals surface area (Å²) in [7, 11) is 2.05. The Morgan fingerprint density at radius 1 is 1.26 bits per heavy atom. The Hall–Kier alpha value is 0.460. The summed E-state index contributed by atoms with van der Waals surface area (Å²) in [5.41, 5.74) is 1.25. The minimum Gasteiger partial charge on any atom is -0.316 e. The predicted molar refractivity (Wildman–Crippen MR) is 91.2 cm³/mol. The Morgan fingerprint density at radius 2 is 2.00 bits per heavy atom. The molecule has 0 bridgehead atoms. The molecule has 3 atom stereocenters. The van der Waals surface area contributed by atoms with Crippen LogP contribution >= 0.6 is 46.7 Å². The van der Waals surface area contributed by atoms with Crippen molar-refractivity contribution in [3.05, 3.63) is 33.8 Å². The van der Waals surface area contributed by atoms with E-state index in [2.05, 4.69) is 48.9 Å². The molecule has 1 aromatic carbocycles. The second-order valence-corrected chi connectivity index (χ2v) is 8.34. The topological polar surface area (TPSA) is 12.0 Å². The van der Waals surface area contributed by atoms with Crippen molar-refractivity contribution in [1.82, 2.24) is 5.32 Å². The molecule has 0 aromatic heterocycles. The zero-order valence-electron chi connectivity index (χ0n) is 11.2. The maximum absolute atomic E-state index is 6.09. The fourth-order valence-corrected chi connectivity index (χ4v) is 5.72. The van der Waals surface area contributed by atoms with Crippen LogP contribution in [0.5, 0.6) is 0 Å². The minimum absolute atomic E-state index is 0.477. The third-order valence-corrected chi connectivity index (χ3v) is 7.43. The van der Waals surface area contributed by atoms with Gasteiger partial charge in [-0.2, -0.15) is 23.5 Å². The number of halogens is 2. The molecular formula is C14H19Cl2NS2. The molecule has 1 aromatic rings. The second-order valence-electron chi connectivity index (χ2n) is 4.76. The molecule has 5 heteroatoms. The van der Waals surface area contributed by atoms with Gasteiger partial charge in [0, 0.05) is 28.0 Å². The minimum atomic E-state index is 0.477. The van der Waals surface area contributed by atoms with Crippen LogP contribution in [0.2, 0.25) is 10.0 Å². The van der Waals surface area contributed by atoms with Crippen molar-refractivity contribution in [3.8, 4) is 0 Å². The molecule has 1 aliphatic rings. The number of nitrogens with one attached hydrogen (secondary N) is 1. The lowest BCUT2D eigenvalue weighted by atomic mass is 10.0. The van der Waals surface area contributed by atoms with Gasteiger partial charge in [-0.25, -0.2) is 0 Å². The number of rotatable bonds is 4. The van der Waals surface area contributed by atoms with E-state index in [0.717, 1.165) is 6.42 Å². The van der Waals surface area contributed by atoms with Gasteiger partial charge in [-0.1, -0.05) is 36.2 Å². The molecule has 0 spiro atoms. The molecular weight excluding hydrogens is 317 g/mol. The summed E-state index contributed by atoms with van der Waals surface area (Å²) in [6.07, 6.45) is 0.996. The molecule has 106 valence electrons.